The van der Waals surface area contributed by atoms with Crippen LogP contribution in [0, 0.1) is 0 Å². The van der Waals surface area contributed by atoms with Crippen LogP contribution in [0.2, 0.25) is 0 Å². The van der Waals surface area contributed by atoms with Gasteiger partial charge >= 0.3 is 12.1 Å². The number of hydrogen-bond acceptors (Lipinski definition) is 4. The van der Waals surface area contributed by atoms with Crippen LogP contribution < -0.4 is 5.32 Å². The molecular weight excluding hydrogens is 270 g/mol. The summed E-state index contributed by atoms with van der Waals surface area (Å²) in [5, 5.41) is 2.89. The van der Waals surface area contributed by atoms with Crippen molar-refractivity contribution in [1.29, 1.82) is 0 Å². The molecule has 1 heterocycles. The highest BCUT2D eigenvalue weighted by atomic mass is 19.4. The molecule has 1 aliphatic heterocycles. The van der Waals surface area contributed by atoms with Crippen molar-refractivity contribution in [3.05, 3.63) is 0 Å². The second-order valence-corrected chi connectivity index (χ2v) is 4.91. The van der Waals surface area contributed by atoms with Gasteiger partial charge in [0.2, 0.25) is 0 Å². The molecule has 0 radical (unpaired) electrons. The first-order chi connectivity index (χ1) is 8.66. The van der Waals surface area contributed by atoms with E-state index in [0.717, 1.165) is 0 Å². The highest BCUT2D eigenvalue weighted by molar-refractivity contribution is 5.75. The molecular formula is C11H17F4NO3. The van der Waals surface area contributed by atoms with Gasteiger partial charge in [0.05, 0.1) is 18.2 Å². The number of alkyl halides is 4. The maximum Gasteiger partial charge on any atom is 0.490 e. The molecule has 19 heavy (non-hydrogen) atoms. The number of nitrogens with one attached hydrogen (secondary N) is 1. The number of morpholine rings is 1. The summed E-state index contributed by atoms with van der Waals surface area (Å²) in [7, 11) is 0. The Kier molecular flexibility index (Phi) is 5.14. The van der Waals surface area contributed by atoms with Gasteiger partial charge in [-0.3, -0.25) is 0 Å². The fourth-order valence-electron chi connectivity index (χ4n) is 1.90. The minimum atomic E-state index is -5.00. The van der Waals surface area contributed by atoms with Crippen molar-refractivity contribution in [3.63, 3.8) is 0 Å². The summed E-state index contributed by atoms with van der Waals surface area (Å²) < 4.78 is 58.1. The zero-order valence-corrected chi connectivity index (χ0v) is 10.7. The Morgan fingerprint density at radius 1 is 1.58 bits per heavy atom. The Bertz CT molecular complexity index is 314. The van der Waals surface area contributed by atoms with Crippen molar-refractivity contribution >= 4 is 5.97 Å². The monoisotopic (exact) mass is 287 g/mol. The average molecular weight is 287 g/mol. The SMILES string of the molecule is CC(CC1(C)CNC(CF)CO1)OC(=O)C(F)(F)F. The van der Waals surface area contributed by atoms with E-state index in [1.807, 2.05) is 0 Å². The molecule has 0 aromatic carbocycles. The minimum Gasteiger partial charge on any atom is -0.456 e. The lowest BCUT2D eigenvalue weighted by atomic mass is 9.96. The quantitative estimate of drug-likeness (QED) is 0.630. The van der Waals surface area contributed by atoms with E-state index in [1.54, 1.807) is 6.92 Å². The van der Waals surface area contributed by atoms with E-state index in [2.05, 4.69) is 10.1 Å². The second-order valence-electron chi connectivity index (χ2n) is 4.91. The lowest BCUT2D eigenvalue weighted by Crippen LogP contribution is -2.55. The molecule has 1 aliphatic rings. The predicted molar refractivity (Wildman–Crippen MR) is 58.3 cm³/mol. The summed E-state index contributed by atoms with van der Waals surface area (Å²) in [6.07, 6.45) is -5.84. The minimum absolute atomic E-state index is 0.0980. The van der Waals surface area contributed by atoms with Crippen molar-refractivity contribution < 1.29 is 31.8 Å². The van der Waals surface area contributed by atoms with Gasteiger partial charge < -0.3 is 14.8 Å². The number of ether oxygens (including phenoxy) is 2. The Balaban J connectivity index is 2.44. The molecule has 1 rings (SSSR count). The van der Waals surface area contributed by atoms with Crippen LogP contribution in [-0.4, -0.2) is 49.7 Å². The molecule has 3 atom stereocenters. The zero-order valence-electron chi connectivity index (χ0n) is 10.7. The van der Waals surface area contributed by atoms with E-state index < -0.39 is 36.6 Å². The van der Waals surface area contributed by atoms with Gasteiger partial charge in [0.25, 0.3) is 0 Å². The summed E-state index contributed by atoms with van der Waals surface area (Å²) in [5.41, 5.74) is -0.781. The van der Waals surface area contributed by atoms with Crippen molar-refractivity contribution in [1.82, 2.24) is 5.32 Å². The summed E-state index contributed by atoms with van der Waals surface area (Å²) in [4.78, 5) is 10.7. The van der Waals surface area contributed by atoms with Crippen LogP contribution >= 0.6 is 0 Å². The Morgan fingerprint density at radius 3 is 2.63 bits per heavy atom. The van der Waals surface area contributed by atoms with E-state index in [-0.39, 0.29) is 19.6 Å². The first-order valence-corrected chi connectivity index (χ1v) is 5.87. The van der Waals surface area contributed by atoms with Gasteiger partial charge in [-0.15, -0.1) is 0 Å². The van der Waals surface area contributed by atoms with E-state index >= 15 is 0 Å². The number of rotatable bonds is 4. The molecule has 0 aromatic heterocycles. The maximum atomic E-state index is 12.4. The molecule has 0 aromatic rings. The van der Waals surface area contributed by atoms with Crippen LogP contribution in [0.15, 0.2) is 0 Å². The Labute approximate surface area is 108 Å². The second kappa shape index (κ2) is 6.04. The summed E-state index contributed by atoms with van der Waals surface area (Å²) in [6, 6.07) is -0.402. The van der Waals surface area contributed by atoms with Crippen LogP contribution in [0.3, 0.4) is 0 Å². The van der Waals surface area contributed by atoms with Gasteiger partial charge in [-0.05, 0) is 13.8 Å². The number of esters is 1. The molecule has 8 heteroatoms. The fraction of sp³-hybridized carbons (Fsp3) is 0.909. The van der Waals surface area contributed by atoms with Crippen LogP contribution in [0.1, 0.15) is 20.3 Å². The highest BCUT2D eigenvalue weighted by Gasteiger charge is 2.43. The van der Waals surface area contributed by atoms with Crippen LogP contribution in [-0.2, 0) is 14.3 Å². The largest absolute Gasteiger partial charge is 0.490 e. The predicted octanol–water partition coefficient (Wildman–Crippen LogP) is 1.59. The van der Waals surface area contributed by atoms with Crippen LogP contribution in [0.25, 0.3) is 0 Å². The zero-order chi connectivity index (χ0) is 14.7. The van der Waals surface area contributed by atoms with Crippen molar-refractivity contribution in [3.8, 4) is 0 Å². The molecule has 112 valence electrons. The number of hydrogen-bond donors (Lipinski definition) is 1. The molecule has 0 aliphatic carbocycles. The van der Waals surface area contributed by atoms with Gasteiger partial charge in [0.1, 0.15) is 12.8 Å². The molecule has 0 spiro atoms. The molecule has 0 amide bonds. The van der Waals surface area contributed by atoms with Gasteiger partial charge in [-0.25, -0.2) is 9.18 Å². The van der Waals surface area contributed by atoms with Crippen molar-refractivity contribution in [2.75, 3.05) is 19.8 Å². The van der Waals surface area contributed by atoms with E-state index in [0.29, 0.717) is 0 Å². The van der Waals surface area contributed by atoms with Gasteiger partial charge in [0, 0.05) is 13.0 Å². The first kappa shape index (κ1) is 16.2. The highest BCUT2D eigenvalue weighted by Crippen LogP contribution is 2.24. The number of halogens is 4. The standard InChI is InChI=1S/C11H17F4NO3/c1-7(19-9(17)11(13,14)15)3-10(2)6-16-8(4-12)5-18-10/h7-8,16H,3-6H2,1-2H3. The van der Waals surface area contributed by atoms with Gasteiger partial charge in [-0.1, -0.05) is 0 Å². The Morgan fingerprint density at radius 2 is 2.21 bits per heavy atom. The number of carbonyl (C=O) groups is 1. The summed E-state index contributed by atoms with van der Waals surface area (Å²) in [6.45, 7) is 2.88. The molecule has 3 unspecified atom stereocenters. The maximum absolute atomic E-state index is 12.4. The Hall–Kier alpha value is -0.890. The van der Waals surface area contributed by atoms with Crippen LogP contribution in [0.4, 0.5) is 17.6 Å². The normalized spacial score (nSPS) is 29.9. The van der Waals surface area contributed by atoms with E-state index in [9.17, 15) is 22.4 Å². The third-order valence-corrected chi connectivity index (χ3v) is 2.84. The molecule has 0 saturated carbocycles. The number of carbonyl (C=O) groups excluding carboxylic acids is 1. The third kappa shape index (κ3) is 4.94. The van der Waals surface area contributed by atoms with E-state index in [1.165, 1.54) is 6.92 Å². The van der Waals surface area contributed by atoms with Crippen molar-refractivity contribution in [2.45, 2.75) is 44.2 Å². The first-order valence-electron chi connectivity index (χ1n) is 5.87. The van der Waals surface area contributed by atoms with Gasteiger partial charge in [0.15, 0.2) is 0 Å². The molecule has 1 fully saturated rings. The lowest BCUT2D eigenvalue weighted by molar-refractivity contribution is -0.207. The third-order valence-electron chi connectivity index (χ3n) is 2.84. The van der Waals surface area contributed by atoms with Crippen molar-refractivity contribution in [2.24, 2.45) is 0 Å². The van der Waals surface area contributed by atoms with E-state index in [4.69, 9.17) is 4.74 Å². The van der Waals surface area contributed by atoms with Crippen LogP contribution in [0.5, 0.6) is 0 Å². The average Bonchev–Trinajstić information content (AvgIpc) is 2.28. The smallest absolute Gasteiger partial charge is 0.456 e. The summed E-state index contributed by atoms with van der Waals surface area (Å²) in [5.74, 6) is -2.21. The topological polar surface area (TPSA) is 47.6 Å². The van der Waals surface area contributed by atoms with Gasteiger partial charge in [-0.2, -0.15) is 13.2 Å². The summed E-state index contributed by atoms with van der Waals surface area (Å²) >= 11 is 0. The molecule has 4 nitrogen and oxygen atoms in total. The molecule has 0 bridgehead atoms. The fourth-order valence-corrected chi connectivity index (χ4v) is 1.90. The molecule has 1 saturated heterocycles. The molecule has 1 N–H and O–H groups in total. The lowest BCUT2D eigenvalue weighted by Gasteiger charge is -2.39.